The second-order valence-corrected chi connectivity index (χ2v) is 12.4. The van der Waals surface area contributed by atoms with Crippen molar-refractivity contribution in [3.05, 3.63) is 64.8 Å². The Morgan fingerprint density at radius 1 is 1.12 bits per heavy atom. The van der Waals surface area contributed by atoms with Crippen molar-refractivity contribution in [3.8, 4) is 5.75 Å². The standard InChI is InChI=1S/C34H40F3NO4/c1-4-6-30(38(21(2)3)32(41)34(35,36)37)23-7-5-8-25(20-23)42-18-17-33-16-15-27-26-12-10-24(39)19-22(26)9-11-28(27)29(33)13-14-31(33)40/h5,7-8,15-16,19-21,28-30H,4,6,9-14,17-18H2,1-3H3/t28?,29?,30?,33-/m1/s1. The molecule has 0 saturated heterocycles. The number of amides is 1. The van der Waals surface area contributed by atoms with Crippen LogP contribution in [0.5, 0.6) is 5.75 Å². The lowest BCUT2D eigenvalue weighted by molar-refractivity contribution is -0.190. The van der Waals surface area contributed by atoms with Gasteiger partial charge in [-0.05, 0) is 105 Å². The van der Waals surface area contributed by atoms with Crippen LogP contribution in [0.1, 0.15) is 90.2 Å². The first-order valence-electron chi connectivity index (χ1n) is 15.3. The number of hydrogen-bond donors (Lipinski definition) is 0. The number of hydrogen-bond acceptors (Lipinski definition) is 4. The van der Waals surface area contributed by atoms with Gasteiger partial charge in [0.15, 0.2) is 5.78 Å². The number of benzene rings is 1. The van der Waals surface area contributed by atoms with Crippen LogP contribution in [0.15, 0.2) is 59.2 Å². The van der Waals surface area contributed by atoms with E-state index in [-0.39, 0.29) is 17.5 Å². The molecule has 0 radical (unpaired) electrons. The van der Waals surface area contributed by atoms with Crippen molar-refractivity contribution in [3.63, 3.8) is 0 Å². The lowest BCUT2D eigenvalue weighted by atomic mass is 9.59. The second kappa shape index (κ2) is 11.8. The number of fused-ring (bicyclic) bond motifs is 4. The molecule has 5 rings (SSSR count). The van der Waals surface area contributed by atoms with E-state index in [1.165, 1.54) is 11.1 Å². The van der Waals surface area contributed by atoms with Crippen LogP contribution >= 0.6 is 0 Å². The quantitative estimate of drug-likeness (QED) is 0.300. The SMILES string of the molecule is CCCC(c1cccc(OCC[C@]23C=CC4=C5CCC(=O)C=C5CCC4C2CCC3=O)c1)N(C(=O)C(F)(F)F)C(C)C. The molecule has 1 aromatic rings. The van der Waals surface area contributed by atoms with Gasteiger partial charge in [0.1, 0.15) is 11.5 Å². The molecule has 1 fully saturated rings. The van der Waals surface area contributed by atoms with Gasteiger partial charge in [0.25, 0.3) is 0 Å². The third-order valence-electron chi connectivity index (χ3n) is 9.68. The van der Waals surface area contributed by atoms with E-state index < -0.39 is 29.6 Å². The maximum atomic E-state index is 13.5. The van der Waals surface area contributed by atoms with Gasteiger partial charge in [0, 0.05) is 18.9 Å². The highest BCUT2D eigenvalue weighted by molar-refractivity contribution is 5.93. The molecule has 3 unspecified atom stereocenters. The third-order valence-corrected chi connectivity index (χ3v) is 9.68. The molecule has 0 spiro atoms. The molecule has 8 heteroatoms. The van der Waals surface area contributed by atoms with Crippen LogP contribution in [0, 0.1) is 17.3 Å². The number of allylic oxidation sites excluding steroid dienone is 6. The zero-order valence-electron chi connectivity index (χ0n) is 24.6. The van der Waals surface area contributed by atoms with Crippen LogP contribution in [0.4, 0.5) is 13.2 Å². The third kappa shape index (κ3) is 5.61. The van der Waals surface area contributed by atoms with E-state index in [4.69, 9.17) is 4.74 Å². The van der Waals surface area contributed by atoms with Crippen molar-refractivity contribution >= 4 is 17.5 Å². The van der Waals surface area contributed by atoms with Gasteiger partial charge in [-0.25, -0.2) is 0 Å². The summed E-state index contributed by atoms with van der Waals surface area (Å²) < 4.78 is 46.6. The normalized spacial score (nSPS) is 26.0. The minimum Gasteiger partial charge on any atom is -0.494 e. The number of nitrogens with zero attached hydrogens (tertiary/aromatic N) is 1. The minimum atomic E-state index is -4.96. The van der Waals surface area contributed by atoms with Crippen LogP contribution in [0.25, 0.3) is 0 Å². The van der Waals surface area contributed by atoms with Crippen LogP contribution in [0.3, 0.4) is 0 Å². The zero-order valence-corrected chi connectivity index (χ0v) is 24.6. The summed E-state index contributed by atoms with van der Waals surface area (Å²) in [6.07, 6.45) is 7.11. The van der Waals surface area contributed by atoms with Crippen molar-refractivity contribution in [1.29, 1.82) is 0 Å². The Labute approximate surface area is 245 Å². The average Bonchev–Trinajstić information content (AvgIpc) is 3.28. The first-order valence-corrected chi connectivity index (χ1v) is 15.3. The molecular weight excluding hydrogens is 543 g/mol. The van der Waals surface area contributed by atoms with Gasteiger partial charge in [0.2, 0.25) is 0 Å². The van der Waals surface area contributed by atoms with E-state index >= 15 is 0 Å². The van der Waals surface area contributed by atoms with Gasteiger partial charge >= 0.3 is 12.1 Å². The number of ether oxygens (including phenoxy) is 1. The highest BCUT2D eigenvalue weighted by Gasteiger charge is 2.54. The number of alkyl halides is 3. The molecule has 0 N–H and O–H groups in total. The van der Waals surface area contributed by atoms with E-state index in [0.717, 1.165) is 36.2 Å². The maximum absolute atomic E-state index is 13.5. The largest absolute Gasteiger partial charge is 0.494 e. The molecule has 0 aliphatic heterocycles. The number of Topliss-reactive ketones (excluding diaryl/α,β-unsaturated/α-hetero) is 1. The van der Waals surface area contributed by atoms with Gasteiger partial charge in [0.05, 0.1) is 18.1 Å². The van der Waals surface area contributed by atoms with E-state index in [2.05, 4.69) is 12.2 Å². The van der Waals surface area contributed by atoms with Gasteiger partial charge < -0.3 is 9.64 Å². The molecule has 0 heterocycles. The van der Waals surface area contributed by atoms with Crippen LogP contribution in [-0.4, -0.2) is 41.2 Å². The van der Waals surface area contributed by atoms with Crippen molar-refractivity contribution in [2.75, 3.05) is 6.61 Å². The average molecular weight is 584 g/mol. The summed E-state index contributed by atoms with van der Waals surface area (Å²) >= 11 is 0. The maximum Gasteiger partial charge on any atom is 0.471 e. The number of carbonyl (C=O) groups is 3. The summed E-state index contributed by atoms with van der Waals surface area (Å²) in [6, 6.07) is 5.60. The number of halogens is 3. The van der Waals surface area contributed by atoms with Crippen LogP contribution < -0.4 is 4.74 Å². The molecule has 0 bridgehead atoms. The Hall–Kier alpha value is -3.16. The van der Waals surface area contributed by atoms with Gasteiger partial charge in [-0.3, -0.25) is 14.4 Å². The predicted octanol–water partition coefficient (Wildman–Crippen LogP) is 7.63. The minimum absolute atomic E-state index is 0.198. The van der Waals surface area contributed by atoms with Crippen molar-refractivity contribution in [2.24, 2.45) is 17.3 Å². The van der Waals surface area contributed by atoms with Crippen LogP contribution in [0.2, 0.25) is 0 Å². The molecule has 1 saturated carbocycles. The first-order chi connectivity index (χ1) is 20.0. The van der Waals surface area contributed by atoms with Crippen molar-refractivity contribution in [2.45, 2.75) is 96.8 Å². The summed E-state index contributed by atoms with van der Waals surface area (Å²) in [5.41, 5.74) is 3.77. The molecule has 226 valence electrons. The fraction of sp³-hybridized carbons (Fsp3) is 0.559. The fourth-order valence-corrected chi connectivity index (χ4v) is 7.83. The lowest BCUT2D eigenvalue weighted by Crippen LogP contribution is -2.47. The summed E-state index contributed by atoms with van der Waals surface area (Å²) in [5, 5.41) is 0. The predicted molar refractivity (Wildman–Crippen MR) is 154 cm³/mol. The molecule has 42 heavy (non-hydrogen) atoms. The Bertz CT molecular complexity index is 1340. The summed E-state index contributed by atoms with van der Waals surface area (Å²) in [6.45, 7) is 5.37. The number of rotatable bonds is 9. The molecule has 1 amide bonds. The number of carbonyl (C=O) groups excluding carboxylic acids is 3. The Kier molecular flexibility index (Phi) is 8.55. The zero-order chi connectivity index (χ0) is 30.2. The Morgan fingerprint density at radius 2 is 1.90 bits per heavy atom. The Balaban J connectivity index is 1.35. The first kappa shape index (κ1) is 30.3. The molecule has 5 nitrogen and oxygen atoms in total. The number of ketones is 2. The highest BCUT2D eigenvalue weighted by Crippen LogP contribution is 2.57. The van der Waals surface area contributed by atoms with E-state index in [1.54, 1.807) is 38.1 Å². The molecule has 1 aromatic carbocycles. The summed E-state index contributed by atoms with van der Waals surface area (Å²) in [7, 11) is 0. The monoisotopic (exact) mass is 583 g/mol. The molecule has 4 aliphatic rings. The molecule has 4 atom stereocenters. The fourth-order valence-electron chi connectivity index (χ4n) is 7.83. The molecule has 4 aliphatic carbocycles. The van der Waals surface area contributed by atoms with Crippen molar-refractivity contribution in [1.82, 2.24) is 4.90 Å². The second-order valence-electron chi connectivity index (χ2n) is 12.4. The topological polar surface area (TPSA) is 63.7 Å². The van der Waals surface area contributed by atoms with Crippen LogP contribution in [-0.2, 0) is 14.4 Å². The summed E-state index contributed by atoms with van der Waals surface area (Å²) in [4.78, 5) is 38.6. The van der Waals surface area contributed by atoms with E-state index in [9.17, 15) is 27.6 Å². The smallest absolute Gasteiger partial charge is 0.471 e. The molecule has 0 aromatic heterocycles. The van der Waals surface area contributed by atoms with Gasteiger partial charge in [-0.1, -0.05) is 37.6 Å². The van der Waals surface area contributed by atoms with Gasteiger partial charge in [-0.2, -0.15) is 13.2 Å². The van der Waals surface area contributed by atoms with E-state index in [0.29, 0.717) is 55.9 Å². The van der Waals surface area contributed by atoms with E-state index in [1.807, 2.05) is 13.0 Å². The summed E-state index contributed by atoms with van der Waals surface area (Å²) in [5.74, 6) is -0.384. The van der Waals surface area contributed by atoms with Crippen molar-refractivity contribution < 1.29 is 32.3 Å². The van der Waals surface area contributed by atoms with Gasteiger partial charge in [-0.15, -0.1) is 0 Å². The highest BCUT2D eigenvalue weighted by atomic mass is 19.4. The lowest BCUT2D eigenvalue weighted by Gasteiger charge is -2.44. The molecular formula is C34H40F3NO4. The Morgan fingerprint density at radius 3 is 2.62 bits per heavy atom.